The van der Waals surface area contributed by atoms with Gasteiger partial charge in [-0.25, -0.2) is 0 Å². The van der Waals surface area contributed by atoms with E-state index < -0.39 is 0 Å². The second-order valence-electron chi connectivity index (χ2n) is 7.15. The van der Waals surface area contributed by atoms with E-state index in [2.05, 4.69) is 9.97 Å². The molecule has 3 heterocycles. The number of aldehydes is 1. The average Bonchev–Trinajstić information content (AvgIpc) is 3.08. The Bertz CT molecular complexity index is 1540. The molecule has 0 bridgehead atoms. The summed E-state index contributed by atoms with van der Waals surface area (Å²) in [4.78, 5) is 32.0. The number of pyridine rings is 2. The van der Waals surface area contributed by atoms with Crippen molar-refractivity contribution in [2.75, 3.05) is 0 Å². The lowest BCUT2D eigenvalue weighted by Crippen LogP contribution is -2.10. The largest absolute Gasteiger partial charge is 0.333 e. The molecule has 0 aliphatic rings. The smallest absolute Gasteiger partial charge is 0.255 e. The molecular formula is C24H15Cl2N3O2. The number of carbonyl (C=O) groups is 1. The first kappa shape index (κ1) is 19.5. The maximum Gasteiger partial charge on any atom is 0.255 e. The van der Waals surface area contributed by atoms with Crippen LogP contribution in [0.2, 0.25) is 10.0 Å². The van der Waals surface area contributed by atoms with Gasteiger partial charge in [0.05, 0.1) is 22.8 Å². The molecule has 5 aromatic rings. The van der Waals surface area contributed by atoms with Gasteiger partial charge in [-0.15, -0.1) is 0 Å². The van der Waals surface area contributed by atoms with Crippen LogP contribution in [0.25, 0.3) is 32.9 Å². The maximum atomic E-state index is 12.5. The van der Waals surface area contributed by atoms with Gasteiger partial charge in [-0.05, 0) is 36.4 Å². The van der Waals surface area contributed by atoms with Gasteiger partial charge in [0.1, 0.15) is 0 Å². The van der Waals surface area contributed by atoms with Gasteiger partial charge in [0.2, 0.25) is 0 Å². The predicted molar refractivity (Wildman–Crippen MR) is 124 cm³/mol. The molecule has 1 N–H and O–H groups in total. The SMILES string of the molecule is O=Cc1c(-c2ccc[nH]c2=O)c2cc(Cl)ccc2n1Cc1cnc2ccccc2c1Cl. The first-order valence-electron chi connectivity index (χ1n) is 9.55. The average molecular weight is 448 g/mol. The summed E-state index contributed by atoms with van der Waals surface area (Å²) in [7, 11) is 0. The molecule has 0 spiro atoms. The fraction of sp³-hybridized carbons (Fsp3) is 0.0417. The van der Waals surface area contributed by atoms with Crippen LogP contribution in [0.5, 0.6) is 0 Å². The van der Waals surface area contributed by atoms with E-state index in [1.807, 2.05) is 34.9 Å². The number of rotatable bonds is 4. The molecule has 0 fully saturated rings. The van der Waals surface area contributed by atoms with Gasteiger partial charge in [0.15, 0.2) is 6.29 Å². The van der Waals surface area contributed by atoms with Crippen LogP contribution < -0.4 is 5.56 Å². The zero-order valence-electron chi connectivity index (χ0n) is 16.1. The van der Waals surface area contributed by atoms with Crippen LogP contribution in [-0.2, 0) is 6.54 Å². The first-order valence-corrected chi connectivity index (χ1v) is 10.3. The van der Waals surface area contributed by atoms with E-state index in [0.717, 1.165) is 33.7 Å². The lowest BCUT2D eigenvalue weighted by atomic mass is 10.0. The molecule has 7 heteroatoms. The fourth-order valence-electron chi connectivity index (χ4n) is 3.97. The molecule has 0 radical (unpaired) electrons. The molecule has 31 heavy (non-hydrogen) atoms. The number of nitrogens with zero attached hydrogens (tertiary/aromatic N) is 2. The molecule has 0 saturated carbocycles. The topological polar surface area (TPSA) is 67.8 Å². The molecule has 0 saturated heterocycles. The van der Waals surface area contributed by atoms with Crippen molar-refractivity contribution in [2.24, 2.45) is 0 Å². The van der Waals surface area contributed by atoms with Gasteiger partial charge in [-0.2, -0.15) is 0 Å². The van der Waals surface area contributed by atoms with E-state index >= 15 is 0 Å². The maximum absolute atomic E-state index is 12.5. The Hall–Kier alpha value is -3.41. The van der Waals surface area contributed by atoms with E-state index in [1.165, 1.54) is 0 Å². The third-order valence-electron chi connectivity index (χ3n) is 5.38. The summed E-state index contributed by atoms with van der Waals surface area (Å²) in [6, 6.07) is 16.4. The highest BCUT2D eigenvalue weighted by molar-refractivity contribution is 6.36. The highest BCUT2D eigenvalue weighted by Crippen LogP contribution is 2.36. The molecule has 152 valence electrons. The van der Waals surface area contributed by atoms with Crippen molar-refractivity contribution in [1.29, 1.82) is 0 Å². The van der Waals surface area contributed by atoms with Crippen molar-refractivity contribution >= 4 is 51.3 Å². The van der Waals surface area contributed by atoms with Crippen LogP contribution in [0, 0.1) is 0 Å². The van der Waals surface area contributed by atoms with Crippen LogP contribution in [0.1, 0.15) is 16.1 Å². The molecule has 5 nitrogen and oxygen atoms in total. The van der Waals surface area contributed by atoms with E-state index in [1.54, 1.807) is 36.7 Å². The number of aromatic amines is 1. The third kappa shape index (κ3) is 3.23. The summed E-state index contributed by atoms with van der Waals surface area (Å²) in [6.07, 6.45) is 4.03. The van der Waals surface area contributed by atoms with Gasteiger partial charge in [-0.1, -0.05) is 41.4 Å². The normalized spacial score (nSPS) is 11.3. The van der Waals surface area contributed by atoms with Crippen molar-refractivity contribution in [2.45, 2.75) is 6.54 Å². The van der Waals surface area contributed by atoms with Crippen LogP contribution in [0.3, 0.4) is 0 Å². The first-order chi connectivity index (χ1) is 15.1. The monoisotopic (exact) mass is 447 g/mol. The number of fused-ring (bicyclic) bond motifs is 2. The fourth-order valence-corrected chi connectivity index (χ4v) is 4.41. The molecule has 0 atom stereocenters. The molecule has 0 unspecified atom stereocenters. The van der Waals surface area contributed by atoms with Gasteiger partial charge in [0.25, 0.3) is 5.56 Å². The molecule has 3 aromatic heterocycles. The Kier molecular flexibility index (Phi) is 4.85. The number of halogens is 2. The Morgan fingerprint density at radius 2 is 1.87 bits per heavy atom. The second-order valence-corrected chi connectivity index (χ2v) is 7.97. The quantitative estimate of drug-likeness (QED) is 0.358. The van der Waals surface area contributed by atoms with Gasteiger partial charge in [-0.3, -0.25) is 14.6 Å². The highest BCUT2D eigenvalue weighted by Gasteiger charge is 2.21. The molecular weight excluding hydrogens is 433 g/mol. The van der Waals surface area contributed by atoms with E-state index in [9.17, 15) is 9.59 Å². The van der Waals surface area contributed by atoms with Crippen LogP contribution in [-0.4, -0.2) is 20.8 Å². The van der Waals surface area contributed by atoms with Crippen molar-refractivity contribution in [3.8, 4) is 11.1 Å². The molecule has 0 aliphatic heterocycles. The zero-order valence-corrected chi connectivity index (χ0v) is 17.6. The Balaban J connectivity index is 1.79. The summed E-state index contributed by atoms with van der Waals surface area (Å²) >= 11 is 13.0. The summed E-state index contributed by atoms with van der Waals surface area (Å²) in [6.45, 7) is 0.313. The molecule has 5 rings (SSSR count). The Morgan fingerprint density at radius 3 is 2.68 bits per heavy atom. The molecule has 2 aromatic carbocycles. The van der Waals surface area contributed by atoms with E-state index in [4.69, 9.17) is 23.2 Å². The third-order valence-corrected chi connectivity index (χ3v) is 6.06. The van der Waals surface area contributed by atoms with Gasteiger partial charge >= 0.3 is 0 Å². The summed E-state index contributed by atoms with van der Waals surface area (Å²) < 4.78 is 1.85. The Morgan fingerprint density at radius 1 is 1.03 bits per heavy atom. The number of hydrogen-bond acceptors (Lipinski definition) is 3. The number of carbonyl (C=O) groups excluding carboxylic acids is 1. The minimum Gasteiger partial charge on any atom is -0.333 e. The van der Waals surface area contributed by atoms with Gasteiger partial charge in [0, 0.05) is 50.4 Å². The number of nitrogens with one attached hydrogen (secondary N) is 1. The summed E-state index contributed by atoms with van der Waals surface area (Å²) in [5, 5.41) is 2.66. The standard InChI is InChI=1S/C24H15Cl2N3O2/c25-15-7-8-20-18(10-15)22(17-5-3-9-27-24(17)31)21(13-30)29(20)12-14-11-28-19-6-2-1-4-16(19)23(14)26/h1-11,13H,12H2,(H,27,31). The van der Waals surface area contributed by atoms with E-state index in [-0.39, 0.29) is 5.56 Å². The molecule has 0 amide bonds. The lowest BCUT2D eigenvalue weighted by molar-refractivity contribution is 0.111. The number of para-hydroxylation sites is 1. The number of H-pyrrole nitrogens is 1. The van der Waals surface area contributed by atoms with Crippen LogP contribution in [0.15, 0.2) is 71.8 Å². The van der Waals surface area contributed by atoms with Crippen molar-refractivity contribution in [3.05, 3.63) is 98.6 Å². The van der Waals surface area contributed by atoms with Crippen molar-refractivity contribution in [3.63, 3.8) is 0 Å². The lowest BCUT2D eigenvalue weighted by Gasteiger charge is -2.11. The van der Waals surface area contributed by atoms with Gasteiger partial charge < -0.3 is 9.55 Å². The molecule has 0 aliphatic carbocycles. The second kappa shape index (κ2) is 7.69. The zero-order chi connectivity index (χ0) is 21.5. The van der Waals surface area contributed by atoms with Crippen molar-refractivity contribution < 1.29 is 4.79 Å². The minimum absolute atomic E-state index is 0.282. The highest BCUT2D eigenvalue weighted by atomic mass is 35.5. The van der Waals surface area contributed by atoms with E-state index in [0.29, 0.717) is 33.4 Å². The van der Waals surface area contributed by atoms with Crippen LogP contribution >= 0.6 is 23.2 Å². The van der Waals surface area contributed by atoms with Crippen LogP contribution in [0.4, 0.5) is 0 Å². The minimum atomic E-state index is -0.282. The summed E-state index contributed by atoms with van der Waals surface area (Å²) in [5.41, 5.74) is 3.37. The summed E-state index contributed by atoms with van der Waals surface area (Å²) in [5.74, 6) is 0. The Labute approximate surface area is 186 Å². The van der Waals surface area contributed by atoms with Crippen molar-refractivity contribution in [1.82, 2.24) is 14.5 Å². The number of hydrogen-bond donors (Lipinski definition) is 1. The number of aromatic nitrogens is 3. The number of benzene rings is 2. The predicted octanol–water partition coefficient (Wildman–Crippen LogP) is 5.71.